The maximum absolute atomic E-state index is 12.4. The molecule has 2 aromatic rings. The molecule has 0 aliphatic heterocycles. The Morgan fingerprint density at radius 1 is 1.33 bits per heavy atom. The zero-order valence-corrected chi connectivity index (χ0v) is 11.6. The molecule has 3 rings (SSSR count). The van der Waals surface area contributed by atoms with E-state index in [0.29, 0.717) is 11.3 Å². The zero-order chi connectivity index (χ0) is 14.7. The van der Waals surface area contributed by atoms with Crippen LogP contribution < -0.4 is 5.32 Å². The SMILES string of the molecule is O=C(NCC1(O)CCCC1)c1ccccc1-n1cnnn1. The molecule has 1 amide bonds. The van der Waals surface area contributed by atoms with Gasteiger partial charge in [-0.1, -0.05) is 25.0 Å². The highest BCUT2D eigenvalue weighted by Gasteiger charge is 2.31. The number of carbonyl (C=O) groups excluding carboxylic acids is 1. The number of para-hydroxylation sites is 1. The molecular weight excluding hydrogens is 270 g/mol. The second kappa shape index (κ2) is 5.61. The second-order valence-electron chi connectivity index (χ2n) is 5.39. The maximum Gasteiger partial charge on any atom is 0.253 e. The monoisotopic (exact) mass is 287 g/mol. The van der Waals surface area contributed by atoms with Gasteiger partial charge in [0, 0.05) is 6.54 Å². The van der Waals surface area contributed by atoms with Gasteiger partial charge in [-0.3, -0.25) is 4.79 Å². The van der Waals surface area contributed by atoms with Crippen LogP contribution in [0.3, 0.4) is 0 Å². The van der Waals surface area contributed by atoms with Crippen LogP contribution in [0.1, 0.15) is 36.0 Å². The van der Waals surface area contributed by atoms with Gasteiger partial charge in [0.15, 0.2) is 0 Å². The molecule has 21 heavy (non-hydrogen) atoms. The van der Waals surface area contributed by atoms with E-state index < -0.39 is 5.60 Å². The van der Waals surface area contributed by atoms with Gasteiger partial charge in [0.25, 0.3) is 5.91 Å². The standard InChI is InChI=1S/C14H17N5O2/c20-13(15-9-14(21)7-3-4-8-14)11-5-1-2-6-12(11)19-10-16-17-18-19/h1-2,5-6,10,21H,3-4,7-9H2,(H,15,20). The lowest BCUT2D eigenvalue weighted by atomic mass is 10.0. The zero-order valence-electron chi connectivity index (χ0n) is 11.6. The summed E-state index contributed by atoms with van der Waals surface area (Å²) in [6.07, 6.45) is 4.93. The minimum atomic E-state index is -0.764. The highest BCUT2D eigenvalue weighted by atomic mass is 16.3. The Morgan fingerprint density at radius 3 is 2.81 bits per heavy atom. The average molecular weight is 287 g/mol. The first-order valence-corrected chi connectivity index (χ1v) is 7.01. The molecule has 1 aliphatic carbocycles. The molecule has 0 unspecified atom stereocenters. The summed E-state index contributed by atoms with van der Waals surface area (Å²) in [4.78, 5) is 12.4. The number of rotatable bonds is 4. The number of hydrogen-bond donors (Lipinski definition) is 2. The smallest absolute Gasteiger partial charge is 0.253 e. The fourth-order valence-corrected chi connectivity index (χ4v) is 2.69. The van der Waals surface area contributed by atoms with Crippen LogP contribution in [0.5, 0.6) is 0 Å². The number of hydrogen-bond acceptors (Lipinski definition) is 5. The number of aromatic nitrogens is 4. The van der Waals surface area contributed by atoms with Gasteiger partial charge in [-0.2, -0.15) is 4.68 Å². The number of nitrogens with one attached hydrogen (secondary N) is 1. The lowest BCUT2D eigenvalue weighted by Crippen LogP contribution is -2.41. The van der Waals surface area contributed by atoms with Crippen LogP contribution in [0.25, 0.3) is 5.69 Å². The third-order valence-corrected chi connectivity index (χ3v) is 3.86. The van der Waals surface area contributed by atoms with E-state index in [9.17, 15) is 9.90 Å². The molecule has 0 atom stereocenters. The van der Waals surface area contributed by atoms with Gasteiger partial charge in [0.2, 0.25) is 0 Å². The Morgan fingerprint density at radius 2 is 2.10 bits per heavy atom. The molecular formula is C14H17N5O2. The Bertz CT molecular complexity index is 620. The fraction of sp³-hybridized carbons (Fsp3) is 0.429. The number of carbonyl (C=O) groups is 1. The van der Waals surface area contributed by atoms with Crippen LogP contribution in [0.4, 0.5) is 0 Å². The Kier molecular flexibility index (Phi) is 3.66. The van der Waals surface area contributed by atoms with Gasteiger partial charge in [-0.25, -0.2) is 0 Å². The van der Waals surface area contributed by atoms with Gasteiger partial charge in [-0.15, -0.1) is 5.10 Å². The normalized spacial score (nSPS) is 16.8. The summed E-state index contributed by atoms with van der Waals surface area (Å²) in [5.74, 6) is -0.235. The van der Waals surface area contributed by atoms with E-state index in [0.717, 1.165) is 25.7 Å². The van der Waals surface area contributed by atoms with E-state index in [4.69, 9.17) is 0 Å². The number of tetrazole rings is 1. The van der Waals surface area contributed by atoms with Crippen molar-refractivity contribution in [1.29, 1.82) is 0 Å². The number of amides is 1. The van der Waals surface area contributed by atoms with Crippen LogP contribution in [0.2, 0.25) is 0 Å². The van der Waals surface area contributed by atoms with Crippen molar-refractivity contribution in [2.45, 2.75) is 31.3 Å². The molecule has 0 bridgehead atoms. The van der Waals surface area contributed by atoms with Gasteiger partial charge < -0.3 is 10.4 Å². The first-order chi connectivity index (χ1) is 10.2. The molecule has 1 aromatic carbocycles. The van der Waals surface area contributed by atoms with Crippen LogP contribution >= 0.6 is 0 Å². The van der Waals surface area contributed by atoms with Gasteiger partial charge in [0.1, 0.15) is 6.33 Å². The van der Waals surface area contributed by atoms with Crippen molar-refractivity contribution in [3.8, 4) is 5.69 Å². The Hall–Kier alpha value is -2.28. The summed E-state index contributed by atoms with van der Waals surface area (Å²) >= 11 is 0. The van der Waals surface area contributed by atoms with E-state index >= 15 is 0 Å². The Balaban J connectivity index is 1.76. The molecule has 1 aromatic heterocycles. The summed E-state index contributed by atoms with van der Waals surface area (Å²) in [6.45, 7) is 0.274. The van der Waals surface area contributed by atoms with Crippen molar-refractivity contribution >= 4 is 5.91 Å². The maximum atomic E-state index is 12.4. The minimum Gasteiger partial charge on any atom is -0.388 e. The molecule has 110 valence electrons. The van der Waals surface area contributed by atoms with Gasteiger partial charge in [0.05, 0.1) is 16.9 Å². The molecule has 7 heteroatoms. The van der Waals surface area contributed by atoms with Crippen LogP contribution in [-0.4, -0.2) is 43.4 Å². The molecule has 0 saturated heterocycles. The van der Waals surface area contributed by atoms with Crippen molar-refractivity contribution in [1.82, 2.24) is 25.5 Å². The predicted octanol–water partition coefficient (Wildman–Crippen LogP) is 0.697. The third kappa shape index (κ3) is 2.92. The number of benzene rings is 1. The lowest BCUT2D eigenvalue weighted by molar-refractivity contribution is 0.0449. The van der Waals surface area contributed by atoms with E-state index in [1.54, 1.807) is 18.2 Å². The van der Waals surface area contributed by atoms with Crippen molar-refractivity contribution in [3.63, 3.8) is 0 Å². The first kappa shape index (κ1) is 13.7. The summed E-state index contributed by atoms with van der Waals surface area (Å²) in [5.41, 5.74) is 0.323. The largest absolute Gasteiger partial charge is 0.388 e. The molecule has 2 N–H and O–H groups in total. The fourth-order valence-electron chi connectivity index (χ4n) is 2.69. The second-order valence-corrected chi connectivity index (χ2v) is 5.39. The Labute approximate surface area is 122 Å². The van der Waals surface area contributed by atoms with E-state index in [-0.39, 0.29) is 12.5 Å². The van der Waals surface area contributed by atoms with Crippen molar-refractivity contribution in [2.24, 2.45) is 0 Å². The molecule has 1 aliphatic rings. The minimum absolute atomic E-state index is 0.235. The lowest BCUT2D eigenvalue weighted by Gasteiger charge is -2.22. The molecule has 7 nitrogen and oxygen atoms in total. The predicted molar refractivity (Wildman–Crippen MR) is 74.9 cm³/mol. The topological polar surface area (TPSA) is 92.9 Å². The van der Waals surface area contributed by atoms with Crippen molar-refractivity contribution in [3.05, 3.63) is 36.2 Å². The van der Waals surface area contributed by atoms with Gasteiger partial charge >= 0.3 is 0 Å². The summed E-state index contributed by atoms with van der Waals surface area (Å²) < 4.78 is 1.44. The van der Waals surface area contributed by atoms with Crippen molar-refractivity contribution < 1.29 is 9.90 Å². The number of aliphatic hydroxyl groups is 1. The first-order valence-electron chi connectivity index (χ1n) is 7.01. The number of nitrogens with zero attached hydrogens (tertiary/aromatic N) is 4. The van der Waals surface area contributed by atoms with E-state index in [1.165, 1.54) is 11.0 Å². The van der Waals surface area contributed by atoms with Crippen LogP contribution in [0, 0.1) is 0 Å². The highest BCUT2D eigenvalue weighted by Crippen LogP contribution is 2.28. The molecule has 1 saturated carbocycles. The van der Waals surface area contributed by atoms with Gasteiger partial charge in [-0.05, 0) is 35.4 Å². The van der Waals surface area contributed by atoms with Crippen LogP contribution in [0.15, 0.2) is 30.6 Å². The molecule has 1 heterocycles. The quantitative estimate of drug-likeness (QED) is 0.863. The molecule has 1 fully saturated rings. The highest BCUT2D eigenvalue weighted by molar-refractivity contribution is 5.97. The summed E-state index contributed by atoms with van der Waals surface area (Å²) in [6, 6.07) is 7.09. The molecule has 0 radical (unpaired) electrons. The van der Waals surface area contributed by atoms with E-state index in [2.05, 4.69) is 20.8 Å². The molecule has 0 spiro atoms. The van der Waals surface area contributed by atoms with E-state index in [1.807, 2.05) is 6.07 Å². The summed E-state index contributed by atoms with van der Waals surface area (Å²) in [7, 11) is 0. The summed E-state index contributed by atoms with van der Waals surface area (Å²) in [5, 5.41) is 24.1. The van der Waals surface area contributed by atoms with Crippen LogP contribution in [-0.2, 0) is 0 Å². The third-order valence-electron chi connectivity index (χ3n) is 3.86. The average Bonchev–Trinajstić information content (AvgIpc) is 3.17. The van der Waals surface area contributed by atoms with Crippen molar-refractivity contribution in [2.75, 3.05) is 6.54 Å².